The van der Waals surface area contributed by atoms with Crippen LogP contribution in [0.1, 0.15) is 22.9 Å². The molecular weight excluding hydrogens is 366 g/mol. The first-order valence-corrected chi connectivity index (χ1v) is 8.59. The number of nitrogens with one attached hydrogen (secondary N) is 1. The average molecular weight is 384 g/mol. The first kappa shape index (κ1) is 19.1. The van der Waals surface area contributed by atoms with Gasteiger partial charge in [-0.05, 0) is 29.8 Å². The number of amides is 1. The number of halogens is 1. The predicted molar refractivity (Wildman–Crippen MR) is 95.7 cm³/mol. The van der Waals surface area contributed by atoms with Gasteiger partial charge in [-0.2, -0.15) is 0 Å². The molecule has 2 N–H and O–H groups in total. The quantitative estimate of drug-likeness (QED) is 0.730. The van der Waals surface area contributed by atoms with Gasteiger partial charge in [-0.25, -0.2) is 0 Å². The highest BCUT2D eigenvalue weighted by Crippen LogP contribution is 2.31. The Balaban J connectivity index is 2.17. The number of carboxylic acid groups (broad SMARTS) is 1. The lowest BCUT2D eigenvalue weighted by Gasteiger charge is -2.19. The number of rotatable bonds is 8. The van der Waals surface area contributed by atoms with Crippen molar-refractivity contribution in [3.63, 3.8) is 0 Å². The molecule has 2 aromatic rings. The summed E-state index contributed by atoms with van der Waals surface area (Å²) in [5, 5.41) is 11.9. The number of methoxy groups -OCH3 is 2. The number of ether oxygens (including phenoxy) is 2. The number of hydrogen-bond acceptors (Lipinski definition) is 5. The molecule has 1 heterocycles. The van der Waals surface area contributed by atoms with Crippen LogP contribution >= 0.6 is 22.9 Å². The molecule has 1 aromatic heterocycles. The van der Waals surface area contributed by atoms with Gasteiger partial charge in [0.25, 0.3) is 0 Å². The molecule has 0 saturated carbocycles. The number of carbonyl (C=O) groups excluding carboxylic acids is 1. The van der Waals surface area contributed by atoms with Crippen molar-refractivity contribution in [3.05, 3.63) is 45.1 Å². The topological polar surface area (TPSA) is 84.9 Å². The van der Waals surface area contributed by atoms with Crippen LogP contribution in [0.3, 0.4) is 0 Å². The number of benzene rings is 1. The summed E-state index contributed by atoms with van der Waals surface area (Å²) in [6.07, 6.45) is -0.104. The molecule has 0 aliphatic heterocycles. The van der Waals surface area contributed by atoms with Crippen molar-refractivity contribution in [2.45, 2.75) is 18.9 Å². The standard InChI is InChI=1S/C17H18ClNO5S/c1-23-13-5-3-10(7-14(13)24-2)12(9-17(21)22)19-16(20)8-11-4-6-15(18)25-11/h3-7,12H,8-9H2,1-2H3,(H,19,20)(H,21,22). The predicted octanol–water partition coefficient (Wildman–Crippen LogP) is 3.29. The largest absolute Gasteiger partial charge is 0.493 e. The molecule has 1 aromatic carbocycles. The number of carboxylic acids is 1. The zero-order valence-corrected chi connectivity index (χ0v) is 15.3. The molecule has 0 aliphatic rings. The molecule has 0 aliphatic carbocycles. The highest BCUT2D eigenvalue weighted by Gasteiger charge is 2.20. The molecule has 0 spiro atoms. The maximum atomic E-state index is 12.3. The monoisotopic (exact) mass is 383 g/mol. The zero-order chi connectivity index (χ0) is 18.4. The molecule has 2 rings (SSSR count). The summed E-state index contributed by atoms with van der Waals surface area (Å²) in [7, 11) is 3.01. The van der Waals surface area contributed by atoms with E-state index in [0.29, 0.717) is 21.4 Å². The second-order valence-electron chi connectivity index (χ2n) is 5.21. The Labute approximate surface area is 154 Å². The Hall–Kier alpha value is -2.25. The van der Waals surface area contributed by atoms with E-state index in [1.807, 2.05) is 0 Å². The first-order valence-electron chi connectivity index (χ1n) is 7.40. The summed E-state index contributed by atoms with van der Waals surface area (Å²) in [4.78, 5) is 24.3. The van der Waals surface area contributed by atoms with Gasteiger partial charge in [0.15, 0.2) is 11.5 Å². The Morgan fingerprint density at radius 2 is 1.92 bits per heavy atom. The summed E-state index contributed by atoms with van der Waals surface area (Å²) in [5.41, 5.74) is 0.623. The van der Waals surface area contributed by atoms with Gasteiger partial charge in [-0.1, -0.05) is 17.7 Å². The minimum absolute atomic E-state index is 0.140. The van der Waals surface area contributed by atoms with Crippen LogP contribution in [0.25, 0.3) is 0 Å². The van der Waals surface area contributed by atoms with Gasteiger partial charge in [0.05, 0.1) is 37.4 Å². The van der Waals surface area contributed by atoms with Crippen LogP contribution in [0.15, 0.2) is 30.3 Å². The Morgan fingerprint density at radius 3 is 2.48 bits per heavy atom. The van der Waals surface area contributed by atoms with Crippen LogP contribution in [-0.4, -0.2) is 31.2 Å². The lowest BCUT2D eigenvalue weighted by molar-refractivity contribution is -0.137. The minimum Gasteiger partial charge on any atom is -0.493 e. The molecule has 0 radical (unpaired) electrons. The molecule has 134 valence electrons. The fourth-order valence-corrected chi connectivity index (χ4v) is 3.43. The molecule has 8 heteroatoms. The van der Waals surface area contributed by atoms with Gasteiger partial charge in [-0.15, -0.1) is 11.3 Å². The van der Waals surface area contributed by atoms with Gasteiger partial charge in [0, 0.05) is 4.88 Å². The fourth-order valence-electron chi connectivity index (χ4n) is 2.35. The number of aliphatic carboxylic acids is 1. The van der Waals surface area contributed by atoms with Gasteiger partial charge < -0.3 is 19.9 Å². The maximum absolute atomic E-state index is 12.3. The van der Waals surface area contributed by atoms with Crippen molar-refractivity contribution in [2.24, 2.45) is 0 Å². The van der Waals surface area contributed by atoms with E-state index >= 15 is 0 Å². The van der Waals surface area contributed by atoms with E-state index in [-0.39, 0.29) is 18.7 Å². The SMILES string of the molecule is COc1ccc(C(CC(=O)O)NC(=O)Cc2ccc(Cl)s2)cc1OC. The van der Waals surface area contributed by atoms with E-state index < -0.39 is 12.0 Å². The molecular formula is C17H18ClNO5S. The highest BCUT2D eigenvalue weighted by atomic mass is 35.5. The molecule has 0 bridgehead atoms. The summed E-state index contributed by atoms with van der Waals surface area (Å²) in [5.74, 6) is -0.298. The Morgan fingerprint density at radius 1 is 1.20 bits per heavy atom. The molecule has 0 saturated heterocycles. The lowest BCUT2D eigenvalue weighted by Crippen LogP contribution is -2.31. The van der Waals surface area contributed by atoms with Crippen LogP contribution < -0.4 is 14.8 Å². The van der Waals surface area contributed by atoms with Crippen molar-refractivity contribution in [1.29, 1.82) is 0 Å². The fraction of sp³-hybridized carbons (Fsp3) is 0.294. The van der Waals surface area contributed by atoms with Crippen molar-refractivity contribution < 1.29 is 24.2 Å². The van der Waals surface area contributed by atoms with E-state index in [1.165, 1.54) is 25.6 Å². The van der Waals surface area contributed by atoms with E-state index in [9.17, 15) is 9.59 Å². The molecule has 1 amide bonds. The van der Waals surface area contributed by atoms with Gasteiger partial charge >= 0.3 is 5.97 Å². The van der Waals surface area contributed by atoms with Crippen LogP contribution in [-0.2, 0) is 16.0 Å². The van der Waals surface area contributed by atoms with Crippen molar-refractivity contribution in [3.8, 4) is 11.5 Å². The molecule has 1 unspecified atom stereocenters. The minimum atomic E-state index is -1.01. The average Bonchev–Trinajstić information content (AvgIpc) is 2.97. The molecule has 25 heavy (non-hydrogen) atoms. The Bertz CT molecular complexity index is 761. The highest BCUT2D eigenvalue weighted by molar-refractivity contribution is 7.16. The van der Waals surface area contributed by atoms with E-state index in [0.717, 1.165) is 4.88 Å². The smallest absolute Gasteiger partial charge is 0.305 e. The third-order valence-electron chi connectivity index (χ3n) is 3.49. The third kappa shape index (κ3) is 5.37. The molecule has 0 fully saturated rings. The Kier molecular flexibility index (Phi) is 6.66. The molecule has 1 atom stereocenters. The van der Waals surface area contributed by atoms with Crippen LogP contribution in [0.2, 0.25) is 4.34 Å². The zero-order valence-electron chi connectivity index (χ0n) is 13.7. The van der Waals surface area contributed by atoms with Gasteiger partial charge in [0.2, 0.25) is 5.91 Å². The number of thiophene rings is 1. The second kappa shape index (κ2) is 8.73. The third-order valence-corrected chi connectivity index (χ3v) is 4.72. The first-order chi connectivity index (χ1) is 11.9. The maximum Gasteiger partial charge on any atom is 0.305 e. The van der Waals surface area contributed by atoms with E-state index in [2.05, 4.69) is 5.32 Å². The summed E-state index contributed by atoms with van der Waals surface area (Å²) < 4.78 is 11.0. The van der Waals surface area contributed by atoms with E-state index in [1.54, 1.807) is 30.3 Å². The lowest BCUT2D eigenvalue weighted by atomic mass is 10.0. The van der Waals surface area contributed by atoms with Crippen LogP contribution in [0.4, 0.5) is 0 Å². The summed E-state index contributed by atoms with van der Waals surface area (Å²) >= 11 is 7.18. The van der Waals surface area contributed by atoms with Crippen LogP contribution in [0.5, 0.6) is 11.5 Å². The van der Waals surface area contributed by atoms with Crippen molar-refractivity contribution >= 4 is 34.8 Å². The normalized spacial score (nSPS) is 11.6. The number of hydrogen-bond donors (Lipinski definition) is 2. The molecule has 6 nitrogen and oxygen atoms in total. The van der Waals surface area contributed by atoms with Gasteiger partial charge in [0.1, 0.15) is 0 Å². The van der Waals surface area contributed by atoms with Crippen molar-refractivity contribution in [1.82, 2.24) is 5.32 Å². The summed E-state index contributed by atoms with van der Waals surface area (Å²) in [6, 6.07) is 7.85. The summed E-state index contributed by atoms with van der Waals surface area (Å²) in [6.45, 7) is 0. The van der Waals surface area contributed by atoms with Crippen molar-refractivity contribution in [2.75, 3.05) is 14.2 Å². The number of carbonyl (C=O) groups is 2. The van der Waals surface area contributed by atoms with Crippen LogP contribution in [0, 0.1) is 0 Å². The van der Waals surface area contributed by atoms with Gasteiger partial charge in [-0.3, -0.25) is 9.59 Å². The second-order valence-corrected chi connectivity index (χ2v) is 7.01. The van der Waals surface area contributed by atoms with E-state index in [4.69, 9.17) is 26.2 Å².